The Morgan fingerprint density at radius 1 is 1.24 bits per heavy atom. The minimum atomic E-state index is 0.448. The highest BCUT2D eigenvalue weighted by atomic mass is 35.5. The maximum absolute atomic E-state index is 11.2. The average molecular weight is 302 g/mol. The van der Waals surface area contributed by atoms with E-state index in [2.05, 4.69) is 9.97 Å². The Bertz CT molecular complexity index is 824. The second-order valence-electron chi connectivity index (χ2n) is 4.88. The molecule has 1 aromatic carbocycles. The van der Waals surface area contributed by atoms with E-state index in [9.17, 15) is 4.91 Å². The molecular formula is C15H14ClN4O+. The van der Waals surface area contributed by atoms with Crippen molar-refractivity contribution in [1.29, 1.82) is 0 Å². The number of fused-ring (bicyclic) bond motifs is 1. The third kappa shape index (κ3) is 2.52. The number of pyridine rings is 1. The summed E-state index contributed by atoms with van der Waals surface area (Å²) in [5, 5.41) is 0.448. The van der Waals surface area contributed by atoms with Crippen LogP contribution in [0.5, 0.6) is 0 Å². The first-order chi connectivity index (χ1) is 10.1. The molecule has 0 aliphatic rings. The number of hydrogen-bond acceptors (Lipinski definition) is 3. The van der Waals surface area contributed by atoms with Gasteiger partial charge in [0.2, 0.25) is 0 Å². The number of hydrogen-bond donors (Lipinski definition) is 0. The smallest absolute Gasteiger partial charge is 0.255 e. The molecule has 0 radical (unpaired) electrons. The van der Waals surface area contributed by atoms with Gasteiger partial charge in [-0.1, -0.05) is 23.7 Å². The van der Waals surface area contributed by atoms with E-state index in [0.29, 0.717) is 17.4 Å². The molecule has 0 spiro atoms. The van der Waals surface area contributed by atoms with Crippen molar-refractivity contribution in [3.8, 4) is 0 Å². The van der Waals surface area contributed by atoms with Crippen LogP contribution in [0.1, 0.15) is 11.4 Å². The second kappa shape index (κ2) is 5.26. The van der Waals surface area contributed by atoms with Gasteiger partial charge in [0, 0.05) is 34.5 Å². The number of imidazole rings is 1. The predicted molar refractivity (Wildman–Crippen MR) is 82.0 cm³/mol. The second-order valence-corrected chi connectivity index (χ2v) is 5.24. The van der Waals surface area contributed by atoms with Crippen LogP contribution >= 0.6 is 11.6 Å². The van der Waals surface area contributed by atoms with E-state index in [-0.39, 0.29) is 0 Å². The van der Waals surface area contributed by atoms with E-state index >= 15 is 0 Å². The molecule has 5 nitrogen and oxygen atoms in total. The highest BCUT2D eigenvalue weighted by molar-refractivity contribution is 6.33. The molecule has 106 valence electrons. The lowest BCUT2D eigenvalue weighted by molar-refractivity contribution is -0.428. The molecule has 21 heavy (non-hydrogen) atoms. The molecule has 0 aliphatic carbocycles. The van der Waals surface area contributed by atoms with E-state index in [0.717, 1.165) is 27.2 Å². The Labute approximate surface area is 126 Å². The van der Waals surface area contributed by atoms with E-state index < -0.39 is 0 Å². The highest BCUT2D eigenvalue weighted by Gasteiger charge is 2.12. The van der Waals surface area contributed by atoms with Gasteiger partial charge < -0.3 is 4.57 Å². The first-order valence-corrected chi connectivity index (χ1v) is 6.91. The SMILES string of the molecule is Cc1nc2ccnc(Cl)c2n1Cc1ccc([N+](C)=O)cc1. The molecule has 0 amide bonds. The van der Waals surface area contributed by atoms with Crippen molar-refractivity contribution < 1.29 is 4.76 Å². The molecule has 2 aromatic heterocycles. The molecule has 0 unspecified atom stereocenters. The minimum absolute atomic E-state index is 0.448. The van der Waals surface area contributed by atoms with E-state index in [1.807, 2.05) is 29.7 Å². The van der Waals surface area contributed by atoms with Gasteiger partial charge in [-0.15, -0.1) is 0 Å². The summed E-state index contributed by atoms with van der Waals surface area (Å²) in [5.41, 5.74) is 3.37. The summed E-state index contributed by atoms with van der Waals surface area (Å²) >= 11 is 6.19. The first kappa shape index (κ1) is 13.7. The largest absolute Gasteiger partial charge is 0.321 e. The first-order valence-electron chi connectivity index (χ1n) is 6.53. The van der Waals surface area contributed by atoms with Crippen molar-refractivity contribution in [3.63, 3.8) is 0 Å². The molecule has 0 aliphatic heterocycles. The number of nitrogens with zero attached hydrogens (tertiary/aromatic N) is 4. The Balaban J connectivity index is 2.01. The Morgan fingerprint density at radius 3 is 2.62 bits per heavy atom. The normalized spacial score (nSPS) is 11.0. The quantitative estimate of drug-likeness (QED) is 0.550. The maximum atomic E-state index is 11.2. The lowest BCUT2D eigenvalue weighted by atomic mass is 10.2. The summed E-state index contributed by atoms with van der Waals surface area (Å²) < 4.78 is 2.86. The van der Waals surface area contributed by atoms with Gasteiger partial charge in [0.1, 0.15) is 11.3 Å². The zero-order valence-corrected chi connectivity index (χ0v) is 12.5. The van der Waals surface area contributed by atoms with Crippen molar-refractivity contribution in [2.45, 2.75) is 13.5 Å². The fourth-order valence-electron chi connectivity index (χ4n) is 2.34. The molecule has 3 rings (SSSR count). The molecule has 3 aromatic rings. The van der Waals surface area contributed by atoms with Crippen LogP contribution in [-0.2, 0) is 6.54 Å². The van der Waals surface area contributed by atoms with Crippen LogP contribution in [0.4, 0.5) is 5.69 Å². The van der Waals surface area contributed by atoms with Gasteiger partial charge in [0.25, 0.3) is 5.69 Å². The summed E-state index contributed by atoms with van der Waals surface area (Å²) in [4.78, 5) is 19.8. The third-order valence-electron chi connectivity index (χ3n) is 3.44. The third-order valence-corrected chi connectivity index (χ3v) is 3.72. The van der Waals surface area contributed by atoms with Crippen LogP contribution in [-0.4, -0.2) is 26.3 Å². The van der Waals surface area contributed by atoms with Gasteiger partial charge >= 0.3 is 0 Å². The summed E-state index contributed by atoms with van der Waals surface area (Å²) in [6, 6.07) is 9.31. The van der Waals surface area contributed by atoms with Crippen molar-refractivity contribution in [3.05, 3.63) is 58.0 Å². The van der Waals surface area contributed by atoms with E-state index in [4.69, 9.17) is 11.6 Å². The minimum Gasteiger partial charge on any atom is -0.321 e. The number of nitroso groups, excluding NO2 is 1. The van der Waals surface area contributed by atoms with Gasteiger partial charge in [-0.3, -0.25) is 0 Å². The standard InChI is InChI=1S/C15H14ClN4O/c1-10-18-13-7-8-17-15(16)14(13)20(10)9-11-3-5-12(6-4-11)19(2)21/h3-8H,9H2,1-2H3/q+1. The lowest BCUT2D eigenvalue weighted by Gasteiger charge is -2.07. The highest BCUT2D eigenvalue weighted by Crippen LogP contribution is 2.23. The molecule has 0 saturated carbocycles. The fraction of sp³-hybridized carbons (Fsp3) is 0.200. The Kier molecular flexibility index (Phi) is 3.43. The molecule has 0 saturated heterocycles. The summed E-state index contributed by atoms with van der Waals surface area (Å²) in [5.74, 6) is 0.880. The number of aromatic nitrogens is 3. The molecule has 2 heterocycles. The van der Waals surface area contributed by atoms with E-state index in [1.165, 1.54) is 7.05 Å². The molecule has 0 N–H and O–H groups in total. The Hall–Kier alpha value is -2.27. The van der Waals surface area contributed by atoms with Crippen molar-refractivity contribution >= 4 is 28.3 Å². The number of benzene rings is 1. The average Bonchev–Trinajstić information content (AvgIpc) is 2.77. The molecule has 0 fully saturated rings. The fourth-order valence-corrected chi connectivity index (χ4v) is 2.60. The summed E-state index contributed by atoms with van der Waals surface area (Å²) in [6.07, 6.45) is 1.65. The van der Waals surface area contributed by atoms with Gasteiger partial charge in [-0.2, -0.15) is 0 Å². The van der Waals surface area contributed by atoms with Gasteiger partial charge in [0.15, 0.2) is 12.2 Å². The van der Waals surface area contributed by atoms with E-state index in [1.54, 1.807) is 18.3 Å². The summed E-state index contributed by atoms with van der Waals surface area (Å²) in [6.45, 7) is 2.58. The number of rotatable bonds is 3. The molecule has 0 bridgehead atoms. The van der Waals surface area contributed by atoms with Crippen LogP contribution in [0.25, 0.3) is 11.0 Å². The van der Waals surface area contributed by atoms with Gasteiger partial charge in [-0.25, -0.2) is 9.97 Å². The zero-order valence-electron chi connectivity index (χ0n) is 11.7. The van der Waals surface area contributed by atoms with Crippen LogP contribution in [0.2, 0.25) is 5.15 Å². The van der Waals surface area contributed by atoms with Crippen LogP contribution in [0.15, 0.2) is 36.5 Å². The van der Waals surface area contributed by atoms with Crippen molar-refractivity contribution in [2.24, 2.45) is 0 Å². The molecular weight excluding hydrogens is 288 g/mol. The monoisotopic (exact) mass is 301 g/mol. The van der Waals surface area contributed by atoms with Crippen LogP contribution in [0, 0.1) is 11.8 Å². The molecule has 6 heteroatoms. The lowest BCUT2D eigenvalue weighted by Crippen LogP contribution is -2.03. The number of halogens is 1. The molecule has 0 atom stereocenters. The maximum Gasteiger partial charge on any atom is 0.255 e. The number of aryl methyl sites for hydroxylation is 1. The zero-order chi connectivity index (χ0) is 15.0. The van der Waals surface area contributed by atoms with Crippen LogP contribution in [0.3, 0.4) is 0 Å². The van der Waals surface area contributed by atoms with Crippen LogP contribution < -0.4 is 0 Å². The van der Waals surface area contributed by atoms with Gasteiger partial charge in [-0.05, 0) is 18.6 Å². The summed E-state index contributed by atoms with van der Waals surface area (Å²) in [7, 11) is 1.48. The Morgan fingerprint density at radius 2 is 1.95 bits per heavy atom. The predicted octanol–water partition coefficient (Wildman–Crippen LogP) is 3.48. The topological polar surface area (TPSA) is 50.8 Å². The van der Waals surface area contributed by atoms with Gasteiger partial charge in [0.05, 0.1) is 5.52 Å². The van der Waals surface area contributed by atoms with Crippen molar-refractivity contribution in [1.82, 2.24) is 14.5 Å². The van der Waals surface area contributed by atoms with Crippen molar-refractivity contribution in [2.75, 3.05) is 7.05 Å².